The number of benzene rings is 1. The van der Waals surface area contributed by atoms with Gasteiger partial charge in [0, 0.05) is 46.4 Å². The van der Waals surface area contributed by atoms with E-state index in [1.54, 1.807) is 20.5 Å². The van der Waals surface area contributed by atoms with Crippen LogP contribution in [0.4, 0.5) is 5.82 Å². The number of fused-ring (bicyclic) bond motifs is 1. The van der Waals surface area contributed by atoms with E-state index >= 15 is 0 Å². The van der Waals surface area contributed by atoms with E-state index < -0.39 is 0 Å². The number of nitrogens with one attached hydrogen (secondary N) is 1. The Kier molecular flexibility index (Phi) is 7.74. The van der Waals surface area contributed by atoms with Gasteiger partial charge in [-0.05, 0) is 36.6 Å². The molecule has 1 fully saturated rings. The van der Waals surface area contributed by atoms with E-state index in [0.717, 1.165) is 84.5 Å². The number of aromatic nitrogens is 2. The van der Waals surface area contributed by atoms with Crippen molar-refractivity contribution in [1.29, 1.82) is 0 Å². The number of piperazine rings is 1. The molecule has 33 heavy (non-hydrogen) atoms. The van der Waals surface area contributed by atoms with E-state index in [1.807, 2.05) is 30.0 Å². The van der Waals surface area contributed by atoms with E-state index in [-0.39, 0.29) is 5.91 Å². The van der Waals surface area contributed by atoms with Crippen LogP contribution in [0.2, 0.25) is 0 Å². The molecule has 0 radical (unpaired) electrons. The van der Waals surface area contributed by atoms with E-state index in [2.05, 4.69) is 26.3 Å². The molecule has 9 heteroatoms. The second-order valence-corrected chi connectivity index (χ2v) is 9.11. The highest BCUT2D eigenvalue weighted by Crippen LogP contribution is 2.34. The van der Waals surface area contributed by atoms with Crippen molar-refractivity contribution >= 4 is 33.3 Å². The van der Waals surface area contributed by atoms with Crippen molar-refractivity contribution in [2.24, 2.45) is 0 Å². The molecular weight excluding hydrogens is 438 g/mol. The van der Waals surface area contributed by atoms with Crippen LogP contribution in [0.15, 0.2) is 30.6 Å². The first-order chi connectivity index (χ1) is 16.1. The number of aryl methyl sites for hydroxylation is 1. The van der Waals surface area contributed by atoms with Gasteiger partial charge in [-0.2, -0.15) is 0 Å². The van der Waals surface area contributed by atoms with Crippen molar-refractivity contribution in [3.05, 3.63) is 46.6 Å². The Balaban J connectivity index is 1.44. The number of amides is 1. The molecule has 1 aliphatic rings. The predicted molar refractivity (Wildman–Crippen MR) is 132 cm³/mol. The SMILES string of the molecule is COCCN1CCN(C(=O)c2sc3ncnc(NCCc4cccc(OC)c4)c3c2C)CC1. The quantitative estimate of drug-likeness (QED) is 0.516. The molecule has 1 amide bonds. The molecular formula is C24H31N5O3S. The zero-order valence-corrected chi connectivity index (χ0v) is 20.3. The van der Waals surface area contributed by atoms with Gasteiger partial charge in [-0.25, -0.2) is 9.97 Å². The first-order valence-electron chi connectivity index (χ1n) is 11.2. The summed E-state index contributed by atoms with van der Waals surface area (Å²) >= 11 is 1.46. The Hall–Kier alpha value is -2.75. The lowest BCUT2D eigenvalue weighted by molar-refractivity contribution is 0.0598. The van der Waals surface area contributed by atoms with Crippen molar-refractivity contribution < 1.29 is 14.3 Å². The zero-order valence-electron chi connectivity index (χ0n) is 19.5. The lowest BCUT2D eigenvalue weighted by Crippen LogP contribution is -2.49. The fourth-order valence-corrected chi connectivity index (χ4v) is 5.22. The first kappa shape index (κ1) is 23.4. The molecule has 3 heterocycles. The normalized spacial score (nSPS) is 14.6. The molecule has 2 aromatic heterocycles. The van der Waals surface area contributed by atoms with Gasteiger partial charge in [0.25, 0.3) is 5.91 Å². The monoisotopic (exact) mass is 469 g/mol. The predicted octanol–water partition coefficient (Wildman–Crippen LogP) is 3.07. The van der Waals surface area contributed by atoms with Crippen molar-refractivity contribution in [2.75, 3.05) is 65.4 Å². The van der Waals surface area contributed by atoms with Crippen LogP contribution in [0.3, 0.4) is 0 Å². The highest BCUT2D eigenvalue weighted by atomic mass is 32.1. The van der Waals surface area contributed by atoms with Crippen LogP contribution >= 0.6 is 11.3 Å². The minimum Gasteiger partial charge on any atom is -0.497 e. The second-order valence-electron chi connectivity index (χ2n) is 8.11. The van der Waals surface area contributed by atoms with Crippen LogP contribution in [-0.4, -0.2) is 85.8 Å². The number of carbonyl (C=O) groups is 1. The van der Waals surface area contributed by atoms with Gasteiger partial charge < -0.3 is 19.7 Å². The summed E-state index contributed by atoms with van der Waals surface area (Å²) < 4.78 is 10.5. The number of nitrogens with zero attached hydrogens (tertiary/aromatic N) is 4. The molecule has 0 aliphatic carbocycles. The first-order valence-corrected chi connectivity index (χ1v) is 12.0. The molecule has 0 unspecified atom stereocenters. The number of ether oxygens (including phenoxy) is 2. The van der Waals surface area contributed by atoms with E-state index in [1.165, 1.54) is 16.9 Å². The van der Waals surface area contributed by atoms with Crippen LogP contribution in [0.1, 0.15) is 20.8 Å². The van der Waals surface area contributed by atoms with Crippen molar-refractivity contribution in [1.82, 2.24) is 19.8 Å². The summed E-state index contributed by atoms with van der Waals surface area (Å²) in [5.41, 5.74) is 2.14. The van der Waals surface area contributed by atoms with Gasteiger partial charge in [-0.1, -0.05) is 12.1 Å². The lowest BCUT2D eigenvalue weighted by atomic mass is 10.1. The van der Waals surface area contributed by atoms with Gasteiger partial charge in [0.15, 0.2) is 0 Å². The summed E-state index contributed by atoms with van der Waals surface area (Å²) in [6.45, 7) is 7.54. The number of rotatable bonds is 9. The fraction of sp³-hybridized carbons (Fsp3) is 0.458. The van der Waals surface area contributed by atoms with Crippen LogP contribution in [0.25, 0.3) is 10.2 Å². The molecule has 0 saturated carbocycles. The van der Waals surface area contributed by atoms with Gasteiger partial charge in [-0.3, -0.25) is 9.69 Å². The summed E-state index contributed by atoms with van der Waals surface area (Å²) in [4.78, 5) is 28.1. The molecule has 1 aromatic carbocycles. The summed E-state index contributed by atoms with van der Waals surface area (Å²) in [6, 6.07) is 8.06. The van der Waals surface area contributed by atoms with Gasteiger partial charge >= 0.3 is 0 Å². The number of hydrogen-bond donors (Lipinski definition) is 1. The van der Waals surface area contributed by atoms with Gasteiger partial charge in [0.1, 0.15) is 22.7 Å². The lowest BCUT2D eigenvalue weighted by Gasteiger charge is -2.34. The fourth-order valence-electron chi connectivity index (χ4n) is 4.10. The number of anilines is 1. The molecule has 4 rings (SSSR count). The smallest absolute Gasteiger partial charge is 0.264 e. The third-order valence-electron chi connectivity index (χ3n) is 6.03. The Labute approximate surface area is 198 Å². The molecule has 1 N–H and O–H groups in total. The van der Waals surface area contributed by atoms with Crippen LogP contribution in [-0.2, 0) is 11.2 Å². The van der Waals surface area contributed by atoms with E-state index in [9.17, 15) is 4.79 Å². The topological polar surface area (TPSA) is 79.8 Å². The standard InChI is InChI=1S/C24H31N5O3S/c1-17-20-22(25-8-7-18-5-4-6-19(15-18)32-3)26-16-27-23(20)33-21(17)24(30)29-11-9-28(10-12-29)13-14-31-2/h4-6,15-16H,7-14H2,1-3H3,(H,25,26,27). The van der Waals surface area contributed by atoms with Crippen molar-refractivity contribution in [3.63, 3.8) is 0 Å². The Morgan fingerprint density at radius 1 is 1.18 bits per heavy atom. The van der Waals surface area contributed by atoms with Crippen LogP contribution < -0.4 is 10.1 Å². The molecule has 1 saturated heterocycles. The highest BCUT2D eigenvalue weighted by molar-refractivity contribution is 7.20. The van der Waals surface area contributed by atoms with E-state index in [4.69, 9.17) is 9.47 Å². The molecule has 3 aromatic rings. The zero-order chi connectivity index (χ0) is 23.2. The molecule has 8 nitrogen and oxygen atoms in total. The molecule has 1 aliphatic heterocycles. The van der Waals surface area contributed by atoms with Gasteiger partial charge in [0.2, 0.25) is 0 Å². The maximum atomic E-state index is 13.3. The minimum absolute atomic E-state index is 0.0872. The average Bonchev–Trinajstić information content (AvgIpc) is 3.20. The minimum atomic E-state index is 0.0872. The molecule has 0 spiro atoms. The summed E-state index contributed by atoms with van der Waals surface area (Å²) in [5.74, 6) is 1.72. The Morgan fingerprint density at radius 3 is 2.76 bits per heavy atom. The van der Waals surface area contributed by atoms with Gasteiger partial charge in [-0.15, -0.1) is 11.3 Å². The number of thiophene rings is 1. The van der Waals surface area contributed by atoms with Crippen LogP contribution in [0, 0.1) is 6.92 Å². The average molecular weight is 470 g/mol. The number of hydrogen-bond acceptors (Lipinski definition) is 8. The van der Waals surface area contributed by atoms with E-state index in [0.29, 0.717) is 0 Å². The Bertz CT molecular complexity index is 1090. The van der Waals surface area contributed by atoms with Gasteiger partial charge in [0.05, 0.1) is 24.0 Å². The molecule has 0 bridgehead atoms. The maximum Gasteiger partial charge on any atom is 0.264 e. The highest BCUT2D eigenvalue weighted by Gasteiger charge is 2.26. The van der Waals surface area contributed by atoms with Crippen molar-refractivity contribution in [3.8, 4) is 5.75 Å². The number of carbonyl (C=O) groups excluding carboxylic acids is 1. The largest absolute Gasteiger partial charge is 0.497 e. The number of methoxy groups -OCH3 is 2. The molecule has 0 atom stereocenters. The van der Waals surface area contributed by atoms with Crippen LogP contribution in [0.5, 0.6) is 5.75 Å². The molecule has 176 valence electrons. The summed E-state index contributed by atoms with van der Waals surface area (Å²) in [7, 11) is 3.39. The maximum absolute atomic E-state index is 13.3. The third-order valence-corrected chi connectivity index (χ3v) is 7.22. The third kappa shape index (κ3) is 5.43. The summed E-state index contributed by atoms with van der Waals surface area (Å²) in [5, 5.41) is 4.38. The van der Waals surface area contributed by atoms with Crippen molar-refractivity contribution in [2.45, 2.75) is 13.3 Å². The second kappa shape index (κ2) is 10.9. The Morgan fingerprint density at radius 2 is 2.00 bits per heavy atom. The summed E-state index contributed by atoms with van der Waals surface area (Å²) in [6.07, 6.45) is 2.40.